The Bertz CT molecular complexity index is 1000. The zero-order valence-electron chi connectivity index (χ0n) is 19.1. The lowest BCUT2D eigenvalue weighted by atomic mass is 10.2. The number of hydrogen-bond acceptors (Lipinski definition) is 4. The Morgan fingerprint density at radius 2 is 1.03 bits per heavy atom. The zero-order chi connectivity index (χ0) is 24.1. The van der Waals surface area contributed by atoms with E-state index in [1.165, 1.54) is 37.1 Å². The normalized spacial score (nSPS) is 8.71. The number of halogens is 1. The topological polar surface area (TPSA) is 122 Å². The summed E-state index contributed by atoms with van der Waals surface area (Å²) in [7, 11) is 0. The Morgan fingerprint density at radius 3 is 1.32 bits per heavy atom. The molecule has 0 unspecified atom stereocenters. The van der Waals surface area contributed by atoms with Crippen LogP contribution >= 0.6 is 0 Å². The minimum Gasteiger partial charge on any atom is -0.478 e. The summed E-state index contributed by atoms with van der Waals surface area (Å²) in [5.74, 6) is -1.19. The second-order valence-corrected chi connectivity index (χ2v) is 7.02. The first-order valence-corrected chi connectivity index (χ1v) is 9.84. The van der Waals surface area contributed by atoms with E-state index in [9.17, 15) is 14.4 Å². The lowest BCUT2D eigenvalue weighted by molar-refractivity contribution is -0.115. The Kier molecular flexibility index (Phi) is 15.5. The standard InChI is InChI=1S/C9H9NO3.C9H11NO.C7H9N.CH4.FH.H2/c1-6(11)10-8-4-2-7(3-5-8)9(12)13;1-7-3-5-9(6-4-7)10-8(2)11;1-6-2-4-7(8)5-3-6;;;/h2-5H,1H3,(H,10,11)(H,12,13);3-6H,1-2H3,(H,10,11);2-5H,8H2,1H3;1H4;2*1H/i;;;;;1+1. The van der Waals surface area contributed by atoms with Crippen molar-refractivity contribution in [3.63, 3.8) is 0 Å². The van der Waals surface area contributed by atoms with Crippen molar-refractivity contribution in [1.82, 2.24) is 0 Å². The van der Waals surface area contributed by atoms with E-state index in [0.717, 1.165) is 11.4 Å². The summed E-state index contributed by atoms with van der Waals surface area (Å²) in [5.41, 5.74) is 10.3. The van der Waals surface area contributed by atoms with Crippen LogP contribution < -0.4 is 16.4 Å². The Morgan fingerprint density at radius 1 is 0.706 bits per heavy atom. The second-order valence-electron chi connectivity index (χ2n) is 7.02. The van der Waals surface area contributed by atoms with Crippen LogP contribution in [0, 0.1) is 13.8 Å². The predicted octanol–water partition coefficient (Wildman–Crippen LogP) is 5.91. The molecule has 0 saturated heterocycles. The van der Waals surface area contributed by atoms with Gasteiger partial charge in [0.1, 0.15) is 0 Å². The number of anilines is 3. The van der Waals surface area contributed by atoms with Crippen LogP contribution in [0.1, 0.15) is 44.2 Å². The molecule has 7 nitrogen and oxygen atoms in total. The van der Waals surface area contributed by atoms with Gasteiger partial charge in [-0.25, -0.2) is 4.79 Å². The maximum atomic E-state index is 10.6. The van der Waals surface area contributed by atoms with Gasteiger partial charge in [-0.15, -0.1) is 0 Å². The summed E-state index contributed by atoms with van der Waals surface area (Å²) < 4.78 is 0. The number of carbonyl (C=O) groups excluding carboxylic acids is 2. The van der Waals surface area contributed by atoms with Gasteiger partial charge in [0.05, 0.1) is 5.56 Å². The van der Waals surface area contributed by atoms with E-state index in [0.29, 0.717) is 5.69 Å². The maximum absolute atomic E-state index is 10.6. The van der Waals surface area contributed by atoms with E-state index in [4.69, 9.17) is 10.8 Å². The fourth-order valence-electron chi connectivity index (χ4n) is 2.31. The van der Waals surface area contributed by atoms with Gasteiger partial charge >= 0.3 is 5.97 Å². The van der Waals surface area contributed by atoms with Crippen LogP contribution in [-0.2, 0) is 9.59 Å². The van der Waals surface area contributed by atoms with Crippen molar-refractivity contribution in [3.8, 4) is 0 Å². The van der Waals surface area contributed by atoms with E-state index in [-0.39, 0.29) is 30.9 Å². The number of carboxylic acids is 1. The molecule has 0 bridgehead atoms. The first-order valence-electron chi connectivity index (χ1n) is 9.84. The van der Waals surface area contributed by atoms with Gasteiger partial charge in [-0.1, -0.05) is 42.8 Å². The van der Waals surface area contributed by atoms with Crippen molar-refractivity contribution in [2.45, 2.75) is 35.1 Å². The van der Waals surface area contributed by atoms with Crippen LogP contribution in [0.4, 0.5) is 21.8 Å². The molecule has 2 amide bonds. The van der Waals surface area contributed by atoms with E-state index in [1.54, 1.807) is 12.1 Å². The fraction of sp³-hybridized carbons (Fsp3) is 0.192. The summed E-state index contributed by atoms with van der Waals surface area (Å²) in [4.78, 5) is 31.6. The highest BCUT2D eigenvalue weighted by Gasteiger charge is 2.01. The molecule has 3 aromatic rings. The molecule has 0 fully saturated rings. The Labute approximate surface area is 201 Å². The molecule has 0 heterocycles. The van der Waals surface area contributed by atoms with Crippen LogP contribution in [0.5, 0.6) is 0 Å². The first kappa shape index (κ1) is 32.0. The van der Waals surface area contributed by atoms with Gasteiger partial charge in [-0.3, -0.25) is 14.3 Å². The van der Waals surface area contributed by atoms with Gasteiger partial charge in [0.15, 0.2) is 0 Å². The summed E-state index contributed by atoms with van der Waals surface area (Å²) in [6.07, 6.45) is 0. The van der Waals surface area contributed by atoms with Gasteiger partial charge in [0.2, 0.25) is 11.8 Å². The number of carbonyl (C=O) groups is 3. The Balaban J connectivity index is -0.000000431. The molecule has 0 saturated carbocycles. The van der Waals surface area contributed by atoms with Crippen molar-refractivity contribution < 1.29 is 25.6 Å². The quantitative estimate of drug-likeness (QED) is 0.352. The van der Waals surface area contributed by atoms with Crippen molar-refractivity contribution in [1.29, 1.82) is 0 Å². The summed E-state index contributed by atoms with van der Waals surface area (Å²) in [6.45, 7) is 6.95. The van der Waals surface area contributed by atoms with Crippen molar-refractivity contribution in [2.24, 2.45) is 0 Å². The summed E-state index contributed by atoms with van der Waals surface area (Å²) in [5, 5.41) is 13.8. The summed E-state index contributed by atoms with van der Waals surface area (Å²) >= 11 is 0. The molecule has 34 heavy (non-hydrogen) atoms. The third-order valence-corrected chi connectivity index (χ3v) is 3.90. The van der Waals surface area contributed by atoms with E-state index in [2.05, 4.69) is 10.6 Å². The van der Waals surface area contributed by atoms with Crippen LogP contribution in [-0.4, -0.2) is 22.9 Å². The monoisotopic (exact) mass is 474 g/mol. The molecule has 0 radical (unpaired) electrons. The molecular formula is C26H36FN3O4. The van der Waals surface area contributed by atoms with Crippen LogP contribution in [0.25, 0.3) is 0 Å². The number of aryl methyl sites for hydroxylation is 2. The number of aromatic carboxylic acids is 1. The van der Waals surface area contributed by atoms with Crippen molar-refractivity contribution >= 4 is 34.8 Å². The lowest BCUT2D eigenvalue weighted by Crippen LogP contribution is -2.05. The highest BCUT2D eigenvalue weighted by atomic mass is 19.0. The molecule has 0 atom stereocenters. The third kappa shape index (κ3) is 14.0. The van der Waals surface area contributed by atoms with Crippen LogP contribution in [0.2, 0.25) is 0 Å². The zero-order valence-corrected chi connectivity index (χ0v) is 19.1. The van der Waals surface area contributed by atoms with E-state index in [1.807, 2.05) is 62.4 Å². The Hall–Kier alpha value is -4.20. The highest BCUT2D eigenvalue weighted by molar-refractivity contribution is 5.91. The molecule has 0 aromatic heterocycles. The number of nitrogen functional groups attached to an aromatic ring is 1. The molecule has 0 aliphatic carbocycles. The molecule has 0 aliphatic rings. The van der Waals surface area contributed by atoms with Gasteiger partial charge in [-0.05, 0) is 62.4 Å². The number of hydrogen-bond donors (Lipinski definition) is 4. The average molecular weight is 475 g/mol. The van der Waals surface area contributed by atoms with Gasteiger partial charge < -0.3 is 21.5 Å². The molecular weight excluding hydrogens is 437 g/mol. The highest BCUT2D eigenvalue weighted by Crippen LogP contribution is 2.09. The van der Waals surface area contributed by atoms with Gasteiger partial charge in [0.25, 0.3) is 0 Å². The number of carboxylic acid groups (broad SMARTS) is 1. The lowest BCUT2D eigenvalue weighted by Gasteiger charge is -2.01. The smallest absolute Gasteiger partial charge is 0.335 e. The largest absolute Gasteiger partial charge is 0.478 e. The SMILES string of the molecule is C.CC(=O)Nc1ccc(C(=O)O)cc1.CC(=O)Nc1ccc(C)cc1.Cc1ccc(N)cc1.F.[2HH]. The van der Waals surface area contributed by atoms with Crippen LogP contribution in [0.15, 0.2) is 72.8 Å². The second kappa shape index (κ2) is 16.4. The van der Waals surface area contributed by atoms with E-state index >= 15 is 0 Å². The molecule has 0 aliphatic heterocycles. The fourth-order valence-corrected chi connectivity index (χ4v) is 2.31. The minimum absolute atomic E-state index is 0. The molecule has 8 heteroatoms. The molecule has 0 spiro atoms. The van der Waals surface area contributed by atoms with Gasteiger partial charge in [0, 0.05) is 32.3 Å². The number of nitrogens with two attached hydrogens (primary N) is 1. The average Bonchev–Trinajstić information content (AvgIpc) is 2.72. The maximum Gasteiger partial charge on any atom is 0.335 e. The summed E-state index contributed by atoms with van der Waals surface area (Å²) in [6, 6.07) is 21.5. The molecule has 186 valence electrons. The molecule has 3 rings (SSSR count). The minimum atomic E-state index is -0.977. The van der Waals surface area contributed by atoms with Crippen molar-refractivity contribution in [3.05, 3.63) is 89.5 Å². The molecule has 5 N–H and O–H groups in total. The van der Waals surface area contributed by atoms with E-state index < -0.39 is 5.97 Å². The first-order chi connectivity index (χ1) is 15.1. The van der Waals surface area contributed by atoms with Crippen LogP contribution in [0.3, 0.4) is 0 Å². The number of amides is 2. The molecule has 3 aromatic carbocycles. The third-order valence-electron chi connectivity index (χ3n) is 3.90. The number of benzene rings is 3. The van der Waals surface area contributed by atoms with Crippen molar-refractivity contribution in [2.75, 3.05) is 16.4 Å². The van der Waals surface area contributed by atoms with Gasteiger partial charge in [-0.2, -0.15) is 0 Å². The number of nitrogens with one attached hydrogen (secondary N) is 2. The number of rotatable bonds is 3. The predicted molar refractivity (Wildman–Crippen MR) is 140 cm³/mol.